The van der Waals surface area contributed by atoms with Crippen molar-refractivity contribution in [3.8, 4) is 5.75 Å². The van der Waals surface area contributed by atoms with Gasteiger partial charge in [-0.15, -0.1) is 0 Å². The predicted molar refractivity (Wildman–Crippen MR) is 118 cm³/mol. The second-order valence-electron chi connectivity index (χ2n) is 6.83. The van der Waals surface area contributed by atoms with Crippen molar-refractivity contribution < 1.29 is 13.5 Å². The van der Waals surface area contributed by atoms with Crippen molar-refractivity contribution in [1.82, 2.24) is 9.97 Å². The van der Waals surface area contributed by atoms with E-state index in [0.717, 1.165) is 17.7 Å². The molecule has 0 amide bonds. The van der Waals surface area contributed by atoms with Gasteiger partial charge in [-0.25, -0.2) is 18.7 Å². The number of hydrogen-bond acceptors (Lipinski definition) is 5. The van der Waals surface area contributed by atoms with Gasteiger partial charge in [0.2, 0.25) is 0 Å². The lowest BCUT2D eigenvalue weighted by Gasteiger charge is -2.15. The fourth-order valence-corrected chi connectivity index (χ4v) is 3.58. The Morgan fingerprint density at radius 3 is 2.39 bits per heavy atom. The topological polar surface area (TPSA) is 70.9 Å². The zero-order valence-corrected chi connectivity index (χ0v) is 18.3. The molecule has 0 spiro atoms. The molecule has 0 aliphatic carbocycles. The molecule has 162 valence electrons. The fourth-order valence-electron chi connectivity index (χ4n) is 3.23. The smallest absolute Gasteiger partial charge is 0.179 e. The lowest BCUT2D eigenvalue weighted by Crippen LogP contribution is -2.14. The summed E-state index contributed by atoms with van der Waals surface area (Å²) in [4.78, 5) is 8.68. The van der Waals surface area contributed by atoms with Crippen LogP contribution in [0.3, 0.4) is 0 Å². The normalized spacial score (nSPS) is 10.8. The Morgan fingerprint density at radius 2 is 1.77 bits per heavy atom. The van der Waals surface area contributed by atoms with E-state index in [1.165, 1.54) is 0 Å². The van der Waals surface area contributed by atoms with Crippen LogP contribution in [0.25, 0.3) is 0 Å². The summed E-state index contributed by atoms with van der Waals surface area (Å²) in [6, 6.07) is 9.29. The molecule has 0 saturated carbocycles. The van der Waals surface area contributed by atoms with E-state index in [9.17, 15) is 8.78 Å². The highest BCUT2D eigenvalue weighted by Crippen LogP contribution is 2.25. The molecule has 3 rings (SSSR count). The zero-order chi connectivity index (χ0) is 22.5. The quantitative estimate of drug-likeness (QED) is 0.345. The Hall–Kier alpha value is -3.06. The number of halogens is 3. The summed E-state index contributed by atoms with van der Waals surface area (Å²) in [6.07, 6.45) is 0.690. The van der Waals surface area contributed by atoms with E-state index in [4.69, 9.17) is 21.7 Å². The Balaban J connectivity index is 1.87. The van der Waals surface area contributed by atoms with Gasteiger partial charge < -0.3 is 10.1 Å². The first-order valence-electron chi connectivity index (χ1n) is 9.91. The van der Waals surface area contributed by atoms with Crippen LogP contribution >= 0.6 is 11.6 Å². The molecule has 1 aromatic heterocycles. The van der Waals surface area contributed by atoms with Crippen LogP contribution in [-0.2, 0) is 13.0 Å². The van der Waals surface area contributed by atoms with Crippen molar-refractivity contribution in [2.24, 2.45) is 0 Å². The largest absolute Gasteiger partial charge is 0.494 e. The average Bonchev–Trinajstić information content (AvgIpc) is 2.73. The summed E-state index contributed by atoms with van der Waals surface area (Å²) in [7, 11) is 0. The van der Waals surface area contributed by atoms with Gasteiger partial charge in [0.25, 0.3) is 0 Å². The predicted octanol–water partition coefficient (Wildman–Crippen LogP) is 5.71. The third-order valence-corrected chi connectivity index (χ3v) is 5.13. The highest BCUT2D eigenvalue weighted by Gasteiger charge is 2.17. The lowest BCUT2D eigenvalue weighted by molar-refractivity contribution is 0.335. The second-order valence-corrected chi connectivity index (χ2v) is 7.19. The van der Waals surface area contributed by atoms with Gasteiger partial charge in [-0.05, 0) is 26.3 Å². The molecular formula is C23H23ClF2N4O. The van der Waals surface area contributed by atoms with Crippen LogP contribution in [0.1, 0.15) is 42.1 Å². The van der Waals surface area contributed by atoms with Crippen molar-refractivity contribution in [3.63, 3.8) is 0 Å². The monoisotopic (exact) mass is 444 g/mol. The number of benzene rings is 2. The van der Waals surface area contributed by atoms with Crippen LogP contribution in [0, 0.1) is 24.0 Å². The zero-order valence-electron chi connectivity index (χ0n) is 17.5. The van der Waals surface area contributed by atoms with Crippen molar-refractivity contribution in [2.45, 2.75) is 33.7 Å². The summed E-state index contributed by atoms with van der Waals surface area (Å²) >= 11 is 6.26. The summed E-state index contributed by atoms with van der Waals surface area (Å²) in [5.41, 5.74) is 2.51. The highest BCUT2D eigenvalue weighted by atomic mass is 35.5. The number of anilines is 1. The van der Waals surface area contributed by atoms with E-state index in [1.54, 1.807) is 31.2 Å². The number of rotatable bonds is 8. The Morgan fingerprint density at radius 1 is 1.10 bits per heavy atom. The van der Waals surface area contributed by atoms with Crippen LogP contribution in [0.15, 0.2) is 36.4 Å². The molecule has 3 aromatic rings. The molecular weight excluding hydrogens is 422 g/mol. The molecule has 0 fully saturated rings. The van der Waals surface area contributed by atoms with Gasteiger partial charge in [0.1, 0.15) is 28.2 Å². The van der Waals surface area contributed by atoms with Crippen molar-refractivity contribution in [3.05, 3.63) is 81.4 Å². The lowest BCUT2D eigenvalue weighted by atomic mass is 10.1. The average molecular weight is 445 g/mol. The molecule has 31 heavy (non-hydrogen) atoms. The summed E-state index contributed by atoms with van der Waals surface area (Å²) < 4.78 is 33.9. The van der Waals surface area contributed by atoms with Gasteiger partial charge in [-0.1, -0.05) is 36.7 Å². The number of aryl methyl sites for hydroxylation is 1. The first-order valence-corrected chi connectivity index (χ1v) is 10.3. The molecule has 0 aliphatic heterocycles. The van der Waals surface area contributed by atoms with Crippen LogP contribution in [0.5, 0.6) is 5.75 Å². The molecule has 0 bridgehead atoms. The molecule has 0 unspecified atom stereocenters. The number of para-hydroxylation sites is 1. The second kappa shape index (κ2) is 9.83. The summed E-state index contributed by atoms with van der Waals surface area (Å²) in [6.45, 7) is 5.73. The van der Waals surface area contributed by atoms with E-state index >= 15 is 0 Å². The minimum absolute atomic E-state index is 0.0587. The van der Waals surface area contributed by atoms with Crippen LogP contribution < -0.4 is 10.1 Å². The summed E-state index contributed by atoms with van der Waals surface area (Å²) in [5, 5.41) is 11.9. The molecule has 0 radical (unpaired) electrons. The Kier molecular flexibility index (Phi) is 7.17. The highest BCUT2D eigenvalue weighted by molar-refractivity contribution is 6.30. The number of nitrogens with one attached hydrogen (secondary N) is 2. The fraction of sp³-hybridized carbons (Fsp3) is 0.261. The molecule has 8 heteroatoms. The summed E-state index contributed by atoms with van der Waals surface area (Å²) in [5.74, 6) is -1.08. The van der Waals surface area contributed by atoms with Crippen LogP contribution in [0.2, 0.25) is 5.15 Å². The Labute approximate surface area is 185 Å². The molecule has 0 aliphatic rings. The minimum Gasteiger partial charge on any atom is -0.494 e. The molecule has 2 N–H and O–H groups in total. The molecule has 5 nitrogen and oxygen atoms in total. The van der Waals surface area contributed by atoms with Gasteiger partial charge in [-0.2, -0.15) is 0 Å². The van der Waals surface area contributed by atoms with Crippen molar-refractivity contribution in [1.29, 1.82) is 5.41 Å². The van der Waals surface area contributed by atoms with E-state index in [-0.39, 0.29) is 29.4 Å². The van der Waals surface area contributed by atoms with Crippen LogP contribution in [-0.4, -0.2) is 22.3 Å². The van der Waals surface area contributed by atoms with Gasteiger partial charge in [0.15, 0.2) is 5.82 Å². The first-order chi connectivity index (χ1) is 14.8. The number of nitrogens with zero attached hydrogens (tertiary/aromatic N) is 2. The molecule has 1 heterocycles. The van der Waals surface area contributed by atoms with E-state index in [2.05, 4.69) is 15.3 Å². The maximum atomic E-state index is 14.4. The number of ether oxygens (including phenoxy) is 1. The van der Waals surface area contributed by atoms with Gasteiger partial charge in [0.05, 0.1) is 6.61 Å². The SMILES string of the molecule is CCOc1cc(F)c(CNc2ccccc2C(=N)c2nc(C)c(CC)c(Cl)n2)c(F)c1. The molecule has 0 atom stereocenters. The van der Waals surface area contributed by atoms with Crippen LogP contribution in [0.4, 0.5) is 14.5 Å². The molecule has 0 saturated heterocycles. The van der Waals surface area contributed by atoms with E-state index < -0.39 is 11.6 Å². The van der Waals surface area contributed by atoms with Crippen molar-refractivity contribution >= 4 is 23.0 Å². The van der Waals surface area contributed by atoms with Gasteiger partial charge >= 0.3 is 0 Å². The number of aromatic nitrogens is 2. The third kappa shape index (κ3) is 4.99. The molecule has 2 aromatic carbocycles. The first kappa shape index (κ1) is 22.6. The standard InChI is InChI=1S/C23H23ClF2N4O/c1-4-15-13(3)29-23(30-22(15)24)21(27)16-8-6-7-9-20(16)28-12-17-18(25)10-14(31-5-2)11-19(17)26/h6-11,27-28H,4-5,12H2,1-3H3. The third-order valence-electron chi connectivity index (χ3n) is 4.82. The van der Waals surface area contributed by atoms with Gasteiger partial charge in [-0.3, -0.25) is 5.41 Å². The minimum atomic E-state index is -0.704. The number of hydrogen-bond donors (Lipinski definition) is 2. The maximum absolute atomic E-state index is 14.4. The van der Waals surface area contributed by atoms with E-state index in [0.29, 0.717) is 35.1 Å². The van der Waals surface area contributed by atoms with Gasteiger partial charge in [0, 0.05) is 46.7 Å². The van der Waals surface area contributed by atoms with Crippen molar-refractivity contribution in [2.75, 3.05) is 11.9 Å². The van der Waals surface area contributed by atoms with E-state index in [1.807, 2.05) is 13.8 Å². The maximum Gasteiger partial charge on any atom is 0.179 e. The Bertz CT molecular complexity index is 1070.